The van der Waals surface area contributed by atoms with Crippen LogP contribution >= 0.6 is 15.9 Å². The van der Waals surface area contributed by atoms with E-state index in [1.54, 1.807) is 6.20 Å². The van der Waals surface area contributed by atoms with E-state index in [0.29, 0.717) is 11.7 Å². The fourth-order valence-corrected chi connectivity index (χ4v) is 3.57. The number of halogens is 1. The summed E-state index contributed by atoms with van der Waals surface area (Å²) < 4.78 is 1.02. The number of carbonyl (C=O) groups excluding carboxylic acids is 1. The first kappa shape index (κ1) is 17.0. The van der Waals surface area contributed by atoms with Gasteiger partial charge in [-0.25, -0.2) is 4.98 Å². The number of hydrogen-bond acceptors (Lipinski definition) is 3. The number of nitrogens with zero attached hydrogens (tertiary/aromatic N) is 2. The third-order valence-electron chi connectivity index (χ3n) is 4.46. The third kappa shape index (κ3) is 3.96. The van der Waals surface area contributed by atoms with Crippen molar-refractivity contribution in [2.45, 2.75) is 38.6 Å². The van der Waals surface area contributed by atoms with Gasteiger partial charge in [0.05, 0.1) is 11.9 Å². The molecule has 1 aliphatic rings. The minimum Gasteiger partial charge on any atom is -0.354 e. The Bertz CT molecular complexity index is 702. The molecular weight excluding hydrogens is 366 g/mol. The first-order valence-electron chi connectivity index (χ1n) is 8.47. The van der Waals surface area contributed by atoms with Gasteiger partial charge in [-0.05, 0) is 56.0 Å². The van der Waals surface area contributed by atoms with Crippen LogP contribution in [-0.4, -0.2) is 28.4 Å². The van der Waals surface area contributed by atoms with Crippen LogP contribution in [0.4, 0.5) is 11.4 Å². The molecule has 2 aromatic rings. The number of benzene rings is 1. The van der Waals surface area contributed by atoms with E-state index in [-0.39, 0.29) is 5.91 Å². The quantitative estimate of drug-likeness (QED) is 0.803. The zero-order valence-electron chi connectivity index (χ0n) is 13.8. The highest BCUT2D eigenvalue weighted by Gasteiger charge is 2.26. The molecule has 0 saturated carbocycles. The molecule has 3 rings (SSSR count). The lowest BCUT2D eigenvalue weighted by Gasteiger charge is -2.35. The average Bonchev–Trinajstić information content (AvgIpc) is 2.62. The van der Waals surface area contributed by atoms with Gasteiger partial charge in [0.15, 0.2) is 0 Å². The van der Waals surface area contributed by atoms with Gasteiger partial charge in [-0.1, -0.05) is 28.9 Å². The van der Waals surface area contributed by atoms with Gasteiger partial charge in [0.1, 0.15) is 5.69 Å². The zero-order valence-corrected chi connectivity index (χ0v) is 15.4. The van der Waals surface area contributed by atoms with E-state index in [9.17, 15) is 4.79 Å². The topological polar surface area (TPSA) is 45.2 Å². The fourth-order valence-electron chi connectivity index (χ4n) is 3.17. The number of carbonyl (C=O) groups is 1. The van der Waals surface area contributed by atoms with Crippen molar-refractivity contribution in [3.05, 3.63) is 52.8 Å². The molecule has 1 aromatic heterocycles. The standard InChI is InChI=1S/C19H22BrN3O/c1-2-17-8-3-4-11-23(17)19(24)18-10-9-16(13-21-18)22-15-7-5-6-14(20)12-15/h5-7,9-10,12-13,17,22H,2-4,8,11H2,1H3. The molecule has 1 amide bonds. The summed E-state index contributed by atoms with van der Waals surface area (Å²) in [7, 11) is 0. The summed E-state index contributed by atoms with van der Waals surface area (Å²) in [6.45, 7) is 2.99. The Kier molecular flexibility index (Phi) is 5.51. The second-order valence-corrected chi connectivity index (χ2v) is 7.04. The molecule has 126 valence electrons. The maximum Gasteiger partial charge on any atom is 0.272 e. The molecular formula is C19H22BrN3O. The molecule has 0 radical (unpaired) electrons. The van der Waals surface area contributed by atoms with Crippen molar-refractivity contribution in [1.82, 2.24) is 9.88 Å². The second-order valence-electron chi connectivity index (χ2n) is 6.12. The van der Waals surface area contributed by atoms with Gasteiger partial charge in [-0.2, -0.15) is 0 Å². The highest BCUT2D eigenvalue weighted by molar-refractivity contribution is 9.10. The summed E-state index contributed by atoms with van der Waals surface area (Å²) in [6, 6.07) is 12.0. The number of likely N-dealkylation sites (tertiary alicyclic amines) is 1. The molecule has 0 bridgehead atoms. The molecule has 0 aliphatic carbocycles. The van der Waals surface area contributed by atoms with Crippen LogP contribution in [0.3, 0.4) is 0 Å². The summed E-state index contributed by atoms with van der Waals surface area (Å²) >= 11 is 3.46. The largest absolute Gasteiger partial charge is 0.354 e. The van der Waals surface area contributed by atoms with Crippen LogP contribution in [-0.2, 0) is 0 Å². The Balaban J connectivity index is 1.70. The van der Waals surface area contributed by atoms with Crippen LogP contribution < -0.4 is 5.32 Å². The van der Waals surface area contributed by atoms with Crippen LogP contribution in [0.5, 0.6) is 0 Å². The van der Waals surface area contributed by atoms with Crippen LogP contribution in [0.1, 0.15) is 43.1 Å². The van der Waals surface area contributed by atoms with E-state index in [4.69, 9.17) is 0 Å². The van der Waals surface area contributed by atoms with Gasteiger partial charge in [0.25, 0.3) is 5.91 Å². The summed E-state index contributed by atoms with van der Waals surface area (Å²) in [4.78, 5) is 19.1. The van der Waals surface area contributed by atoms with Gasteiger partial charge in [-0.3, -0.25) is 4.79 Å². The van der Waals surface area contributed by atoms with Gasteiger partial charge in [-0.15, -0.1) is 0 Å². The molecule has 5 heteroatoms. The fraction of sp³-hybridized carbons (Fsp3) is 0.368. The molecule has 1 aliphatic heterocycles. The number of hydrogen-bond donors (Lipinski definition) is 1. The van der Waals surface area contributed by atoms with E-state index in [0.717, 1.165) is 41.7 Å². The number of anilines is 2. The Morgan fingerprint density at radius 3 is 2.88 bits per heavy atom. The Morgan fingerprint density at radius 2 is 2.17 bits per heavy atom. The summed E-state index contributed by atoms with van der Waals surface area (Å²) in [6.07, 6.45) is 6.13. The van der Waals surface area contributed by atoms with Gasteiger partial charge < -0.3 is 10.2 Å². The van der Waals surface area contributed by atoms with Crippen molar-refractivity contribution < 1.29 is 4.79 Å². The lowest BCUT2D eigenvalue weighted by Crippen LogP contribution is -2.43. The van der Waals surface area contributed by atoms with Crippen LogP contribution in [0.15, 0.2) is 47.1 Å². The molecule has 1 atom stereocenters. The highest BCUT2D eigenvalue weighted by atomic mass is 79.9. The molecule has 0 spiro atoms. The van der Waals surface area contributed by atoms with Crippen molar-refractivity contribution in [2.24, 2.45) is 0 Å². The van der Waals surface area contributed by atoms with Crippen LogP contribution in [0.25, 0.3) is 0 Å². The monoisotopic (exact) mass is 387 g/mol. The zero-order chi connectivity index (χ0) is 16.9. The maximum absolute atomic E-state index is 12.7. The SMILES string of the molecule is CCC1CCCCN1C(=O)c1ccc(Nc2cccc(Br)c2)cn1. The third-order valence-corrected chi connectivity index (χ3v) is 4.95. The van der Waals surface area contributed by atoms with E-state index in [2.05, 4.69) is 33.2 Å². The van der Waals surface area contributed by atoms with E-state index >= 15 is 0 Å². The molecule has 1 unspecified atom stereocenters. The van der Waals surface area contributed by atoms with Crippen molar-refractivity contribution in [1.29, 1.82) is 0 Å². The predicted octanol–water partition coefficient (Wildman–Crippen LogP) is 4.99. The number of nitrogens with one attached hydrogen (secondary N) is 1. The van der Waals surface area contributed by atoms with E-state index < -0.39 is 0 Å². The Morgan fingerprint density at radius 1 is 1.29 bits per heavy atom. The van der Waals surface area contributed by atoms with Gasteiger partial charge in [0.2, 0.25) is 0 Å². The van der Waals surface area contributed by atoms with Gasteiger partial charge >= 0.3 is 0 Å². The van der Waals surface area contributed by atoms with Crippen molar-refractivity contribution in [2.75, 3.05) is 11.9 Å². The number of aromatic nitrogens is 1. The molecule has 24 heavy (non-hydrogen) atoms. The summed E-state index contributed by atoms with van der Waals surface area (Å²) in [5.41, 5.74) is 2.37. The summed E-state index contributed by atoms with van der Waals surface area (Å²) in [5, 5.41) is 3.29. The summed E-state index contributed by atoms with van der Waals surface area (Å²) in [5.74, 6) is 0.0514. The number of pyridine rings is 1. The molecule has 1 fully saturated rings. The number of amides is 1. The Hall–Kier alpha value is -1.88. The lowest BCUT2D eigenvalue weighted by atomic mass is 9.99. The van der Waals surface area contributed by atoms with Crippen LogP contribution in [0.2, 0.25) is 0 Å². The lowest BCUT2D eigenvalue weighted by molar-refractivity contribution is 0.0602. The number of piperidine rings is 1. The minimum absolute atomic E-state index is 0.0514. The minimum atomic E-state index is 0.0514. The molecule has 1 aromatic carbocycles. The normalized spacial score (nSPS) is 17.6. The maximum atomic E-state index is 12.7. The second kappa shape index (κ2) is 7.79. The van der Waals surface area contributed by atoms with E-state index in [1.165, 1.54) is 6.42 Å². The van der Waals surface area contributed by atoms with Crippen molar-refractivity contribution in [3.8, 4) is 0 Å². The molecule has 1 N–H and O–H groups in total. The van der Waals surface area contributed by atoms with Crippen molar-refractivity contribution in [3.63, 3.8) is 0 Å². The van der Waals surface area contributed by atoms with E-state index in [1.807, 2.05) is 41.3 Å². The van der Waals surface area contributed by atoms with Gasteiger partial charge in [0, 0.05) is 22.7 Å². The Labute approximate surface area is 151 Å². The molecule has 2 heterocycles. The predicted molar refractivity (Wildman–Crippen MR) is 101 cm³/mol. The molecule has 1 saturated heterocycles. The first-order chi connectivity index (χ1) is 11.7. The highest BCUT2D eigenvalue weighted by Crippen LogP contribution is 2.23. The molecule has 4 nitrogen and oxygen atoms in total. The van der Waals surface area contributed by atoms with Crippen molar-refractivity contribution >= 4 is 33.2 Å². The smallest absolute Gasteiger partial charge is 0.272 e. The van der Waals surface area contributed by atoms with Crippen LogP contribution in [0, 0.1) is 0 Å². The average molecular weight is 388 g/mol. The first-order valence-corrected chi connectivity index (χ1v) is 9.26. The number of rotatable bonds is 4.